The van der Waals surface area contributed by atoms with Crippen LogP contribution in [-0.4, -0.2) is 15.9 Å². The number of nitrogens with zero attached hydrogens (tertiary/aromatic N) is 2. The maximum atomic E-state index is 12.4. The van der Waals surface area contributed by atoms with Gasteiger partial charge in [-0.2, -0.15) is 0 Å². The summed E-state index contributed by atoms with van der Waals surface area (Å²) >= 11 is 3.08. The van der Waals surface area contributed by atoms with Crippen molar-refractivity contribution in [3.63, 3.8) is 0 Å². The Morgan fingerprint density at radius 2 is 2.00 bits per heavy atom. The first-order valence-electron chi connectivity index (χ1n) is 8.40. The molecule has 3 aromatic heterocycles. The van der Waals surface area contributed by atoms with Crippen molar-refractivity contribution in [3.8, 4) is 22.0 Å². The summed E-state index contributed by atoms with van der Waals surface area (Å²) in [7, 11) is 0. The van der Waals surface area contributed by atoms with Gasteiger partial charge >= 0.3 is 0 Å². The van der Waals surface area contributed by atoms with Crippen LogP contribution in [0.4, 0.5) is 5.69 Å². The second-order valence-corrected chi connectivity index (χ2v) is 8.03. The third-order valence-electron chi connectivity index (χ3n) is 3.91. The van der Waals surface area contributed by atoms with Crippen molar-refractivity contribution in [1.82, 2.24) is 9.97 Å². The van der Waals surface area contributed by atoms with Crippen molar-refractivity contribution in [3.05, 3.63) is 63.6 Å². The molecule has 4 aromatic rings. The number of thiazole rings is 2. The zero-order valence-electron chi connectivity index (χ0n) is 14.9. The molecule has 4 rings (SSSR count). The van der Waals surface area contributed by atoms with Crippen LogP contribution in [0, 0.1) is 13.8 Å². The predicted octanol–water partition coefficient (Wildman–Crippen LogP) is 5.32. The highest BCUT2D eigenvalue weighted by Gasteiger charge is 2.12. The molecule has 3 heterocycles. The van der Waals surface area contributed by atoms with Crippen LogP contribution in [0.25, 0.3) is 22.0 Å². The topological polar surface area (TPSA) is 68.0 Å². The van der Waals surface area contributed by atoms with Gasteiger partial charge in [-0.15, -0.1) is 22.7 Å². The smallest absolute Gasteiger partial charge is 0.230 e. The molecule has 0 atom stereocenters. The fourth-order valence-electron chi connectivity index (χ4n) is 2.67. The molecule has 0 aliphatic rings. The van der Waals surface area contributed by atoms with Gasteiger partial charge in [-0.3, -0.25) is 4.79 Å². The average Bonchev–Trinajstić information content (AvgIpc) is 3.36. The van der Waals surface area contributed by atoms with E-state index in [2.05, 4.69) is 15.3 Å². The van der Waals surface area contributed by atoms with E-state index in [9.17, 15) is 4.79 Å². The zero-order valence-corrected chi connectivity index (χ0v) is 16.5. The lowest BCUT2D eigenvalue weighted by Gasteiger charge is -2.06. The van der Waals surface area contributed by atoms with Crippen molar-refractivity contribution in [2.24, 2.45) is 0 Å². The molecule has 0 saturated heterocycles. The molecular weight excluding hydrogens is 378 g/mol. The Kier molecular flexibility index (Phi) is 4.87. The largest absolute Gasteiger partial charge is 0.459 e. The Morgan fingerprint density at radius 1 is 1.11 bits per heavy atom. The molecular formula is C20H17N3O2S2. The SMILES string of the molecule is Cc1ccc(-c2nc(CC(=O)Nc3cccc(-c4csc(C)n4)c3)cs2)o1. The second kappa shape index (κ2) is 7.46. The Hall–Kier alpha value is -2.77. The summed E-state index contributed by atoms with van der Waals surface area (Å²) in [5, 5.41) is 8.65. The summed E-state index contributed by atoms with van der Waals surface area (Å²) in [5.41, 5.74) is 3.39. The number of hydrogen-bond donors (Lipinski definition) is 1. The van der Waals surface area contributed by atoms with Crippen molar-refractivity contribution < 1.29 is 9.21 Å². The standard InChI is InChI=1S/C20H17N3O2S2/c1-12-6-7-18(25-12)20-23-16(10-27-20)9-19(24)22-15-5-3-4-14(8-15)17-11-26-13(2)21-17/h3-8,10-11H,9H2,1-2H3,(H,22,24). The predicted molar refractivity (Wildman–Crippen MR) is 109 cm³/mol. The van der Waals surface area contributed by atoms with Gasteiger partial charge in [0.2, 0.25) is 5.91 Å². The van der Waals surface area contributed by atoms with Gasteiger partial charge in [-0.05, 0) is 38.1 Å². The molecule has 27 heavy (non-hydrogen) atoms. The number of aryl methyl sites for hydroxylation is 2. The minimum Gasteiger partial charge on any atom is -0.459 e. The van der Waals surface area contributed by atoms with Crippen molar-refractivity contribution >= 4 is 34.3 Å². The third kappa shape index (κ3) is 4.15. The highest BCUT2D eigenvalue weighted by atomic mass is 32.1. The first-order valence-corrected chi connectivity index (χ1v) is 10.2. The van der Waals surface area contributed by atoms with Gasteiger partial charge in [-0.25, -0.2) is 9.97 Å². The molecule has 0 aliphatic carbocycles. The van der Waals surface area contributed by atoms with E-state index in [0.717, 1.165) is 44.2 Å². The van der Waals surface area contributed by atoms with Crippen LogP contribution in [0.15, 0.2) is 51.6 Å². The van der Waals surface area contributed by atoms with E-state index in [1.807, 2.05) is 61.0 Å². The summed E-state index contributed by atoms with van der Waals surface area (Å²) in [4.78, 5) is 21.4. The summed E-state index contributed by atoms with van der Waals surface area (Å²) in [5.74, 6) is 1.47. The minimum atomic E-state index is -0.103. The molecule has 0 aliphatic heterocycles. The second-order valence-electron chi connectivity index (χ2n) is 6.11. The summed E-state index contributed by atoms with van der Waals surface area (Å²) in [6, 6.07) is 11.5. The number of carbonyl (C=O) groups is 1. The molecule has 0 unspecified atom stereocenters. The highest BCUT2D eigenvalue weighted by molar-refractivity contribution is 7.13. The van der Waals surface area contributed by atoms with Crippen LogP contribution >= 0.6 is 22.7 Å². The van der Waals surface area contributed by atoms with E-state index < -0.39 is 0 Å². The van der Waals surface area contributed by atoms with Gasteiger partial charge in [-0.1, -0.05) is 12.1 Å². The molecule has 0 saturated carbocycles. The van der Waals surface area contributed by atoms with E-state index in [1.54, 1.807) is 11.3 Å². The van der Waals surface area contributed by atoms with Crippen molar-refractivity contribution in [1.29, 1.82) is 0 Å². The number of nitrogens with one attached hydrogen (secondary N) is 1. The zero-order chi connectivity index (χ0) is 18.8. The average molecular weight is 396 g/mol. The van der Waals surface area contributed by atoms with Crippen LogP contribution in [0.1, 0.15) is 16.5 Å². The van der Waals surface area contributed by atoms with Crippen LogP contribution in [0.2, 0.25) is 0 Å². The van der Waals surface area contributed by atoms with Crippen LogP contribution < -0.4 is 5.32 Å². The van der Waals surface area contributed by atoms with Gasteiger partial charge in [0.25, 0.3) is 0 Å². The van der Waals surface area contributed by atoms with Crippen LogP contribution in [-0.2, 0) is 11.2 Å². The van der Waals surface area contributed by atoms with Gasteiger partial charge in [0.05, 0.1) is 22.8 Å². The number of carbonyl (C=O) groups excluding carboxylic acids is 1. The van der Waals surface area contributed by atoms with E-state index in [1.165, 1.54) is 11.3 Å². The number of anilines is 1. The molecule has 0 spiro atoms. The van der Waals surface area contributed by atoms with E-state index in [0.29, 0.717) is 0 Å². The molecule has 1 aromatic carbocycles. The maximum Gasteiger partial charge on any atom is 0.230 e. The van der Waals surface area contributed by atoms with Crippen LogP contribution in [0.5, 0.6) is 0 Å². The molecule has 5 nitrogen and oxygen atoms in total. The Labute approximate surface area is 164 Å². The Bertz CT molecular complexity index is 1090. The molecule has 7 heteroatoms. The Balaban J connectivity index is 1.43. The first kappa shape index (κ1) is 17.6. The minimum absolute atomic E-state index is 0.103. The molecule has 136 valence electrons. The first-order chi connectivity index (χ1) is 13.1. The van der Waals surface area contributed by atoms with Crippen LogP contribution in [0.3, 0.4) is 0 Å². The quantitative estimate of drug-likeness (QED) is 0.496. The van der Waals surface area contributed by atoms with E-state index in [4.69, 9.17) is 4.42 Å². The number of amides is 1. The number of aromatic nitrogens is 2. The number of furan rings is 1. The number of rotatable bonds is 5. The normalized spacial score (nSPS) is 10.9. The number of benzene rings is 1. The summed E-state index contributed by atoms with van der Waals surface area (Å²) in [6.45, 7) is 3.87. The van der Waals surface area contributed by atoms with Gasteiger partial charge in [0.15, 0.2) is 10.8 Å². The molecule has 0 bridgehead atoms. The summed E-state index contributed by atoms with van der Waals surface area (Å²) < 4.78 is 5.58. The van der Waals surface area contributed by atoms with Gasteiger partial charge < -0.3 is 9.73 Å². The maximum absolute atomic E-state index is 12.4. The summed E-state index contributed by atoms with van der Waals surface area (Å²) in [6.07, 6.45) is 0.218. The lowest BCUT2D eigenvalue weighted by molar-refractivity contribution is -0.115. The fraction of sp³-hybridized carbons (Fsp3) is 0.150. The van der Waals surface area contributed by atoms with Crippen molar-refractivity contribution in [2.75, 3.05) is 5.32 Å². The molecule has 1 amide bonds. The van der Waals surface area contributed by atoms with Gasteiger partial charge in [0.1, 0.15) is 5.76 Å². The molecule has 0 fully saturated rings. The molecule has 1 N–H and O–H groups in total. The van der Waals surface area contributed by atoms with E-state index in [-0.39, 0.29) is 12.3 Å². The Morgan fingerprint density at radius 3 is 2.74 bits per heavy atom. The van der Waals surface area contributed by atoms with Gasteiger partial charge in [0, 0.05) is 22.0 Å². The lowest BCUT2D eigenvalue weighted by atomic mass is 10.1. The lowest BCUT2D eigenvalue weighted by Crippen LogP contribution is -2.14. The van der Waals surface area contributed by atoms with Crippen molar-refractivity contribution in [2.45, 2.75) is 20.3 Å². The van der Waals surface area contributed by atoms with E-state index >= 15 is 0 Å². The fourth-order valence-corrected chi connectivity index (χ4v) is 4.07. The monoisotopic (exact) mass is 395 g/mol. The third-order valence-corrected chi connectivity index (χ3v) is 5.58. The number of hydrogen-bond acceptors (Lipinski definition) is 6. The molecule has 0 radical (unpaired) electrons. The highest BCUT2D eigenvalue weighted by Crippen LogP contribution is 2.26.